The van der Waals surface area contributed by atoms with Crippen molar-refractivity contribution >= 4 is 12.6 Å². The first kappa shape index (κ1) is 25.2. The van der Waals surface area contributed by atoms with E-state index in [1.165, 1.54) is 0 Å². The van der Waals surface area contributed by atoms with Gasteiger partial charge in [-0.1, -0.05) is 0 Å². The van der Waals surface area contributed by atoms with E-state index in [0.29, 0.717) is 0 Å². The SMILES string of the molecule is O=C[C@@H](O)[C@H](O)[C@@H](O)[C@H](O)CO.O=C[C@H](O)[C@H](O)[C@H](O)[C@H](O)CO. The van der Waals surface area contributed by atoms with Crippen LogP contribution >= 0.6 is 0 Å². The fourth-order valence-electron chi connectivity index (χ4n) is 1.24. The maximum atomic E-state index is 9.90. The van der Waals surface area contributed by atoms with Gasteiger partial charge in [-0.3, -0.25) is 0 Å². The lowest BCUT2D eigenvalue weighted by atomic mass is 10.0. The van der Waals surface area contributed by atoms with Gasteiger partial charge in [0.15, 0.2) is 12.6 Å². The van der Waals surface area contributed by atoms with E-state index in [1.54, 1.807) is 0 Å². The molecule has 0 unspecified atom stereocenters. The number of hydrogen-bond donors (Lipinski definition) is 10. The lowest BCUT2D eigenvalue weighted by molar-refractivity contribution is -0.136. The summed E-state index contributed by atoms with van der Waals surface area (Å²) in [4.78, 5) is 19.8. The summed E-state index contributed by atoms with van der Waals surface area (Å²) in [7, 11) is 0. The molecule has 24 heavy (non-hydrogen) atoms. The molecule has 0 aliphatic carbocycles. The van der Waals surface area contributed by atoms with Crippen LogP contribution in [0.5, 0.6) is 0 Å². The Labute approximate surface area is 136 Å². The number of rotatable bonds is 10. The van der Waals surface area contributed by atoms with Gasteiger partial charge in [0.25, 0.3) is 0 Å². The quantitative estimate of drug-likeness (QED) is 0.164. The summed E-state index contributed by atoms with van der Waals surface area (Å²) in [5, 5.41) is 87.1. The predicted molar refractivity (Wildman–Crippen MR) is 74.4 cm³/mol. The van der Waals surface area contributed by atoms with Crippen molar-refractivity contribution in [1.29, 1.82) is 0 Å². The van der Waals surface area contributed by atoms with Crippen LogP contribution in [0, 0.1) is 0 Å². The fraction of sp³-hybridized carbons (Fsp3) is 0.833. The molecule has 10 N–H and O–H groups in total. The molecule has 0 radical (unpaired) electrons. The Balaban J connectivity index is 0. The summed E-state index contributed by atoms with van der Waals surface area (Å²) in [5.74, 6) is 0. The monoisotopic (exact) mass is 360 g/mol. The van der Waals surface area contributed by atoms with Crippen molar-refractivity contribution in [1.82, 2.24) is 0 Å². The average Bonchev–Trinajstić information content (AvgIpc) is 2.62. The second-order valence-electron chi connectivity index (χ2n) is 4.72. The highest BCUT2D eigenvalue weighted by Gasteiger charge is 2.30. The normalized spacial score (nSPS) is 21.1. The van der Waals surface area contributed by atoms with Gasteiger partial charge in [-0.15, -0.1) is 0 Å². The molecule has 0 aromatic heterocycles. The maximum absolute atomic E-state index is 9.90. The minimum Gasteiger partial charge on any atom is -0.394 e. The van der Waals surface area contributed by atoms with Crippen molar-refractivity contribution in [3.8, 4) is 0 Å². The standard InChI is InChI=1S/2C6H12O6/c2*7-1-3(9)5(11)6(12)4(10)2-8/h2*1,3-6,8-12H,2H2/t3-,4+,5-,6+;3-,4-,5+,6+/m01/s1. The molecule has 12 heteroatoms. The lowest BCUT2D eigenvalue weighted by Crippen LogP contribution is -2.46. The minimum absolute atomic E-state index is 0.0258. The van der Waals surface area contributed by atoms with Crippen molar-refractivity contribution in [2.75, 3.05) is 13.2 Å². The largest absolute Gasteiger partial charge is 0.394 e. The Kier molecular flexibility index (Phi) is 13.9. The smallest absolute Gasteiger partial charge is 0.151 e. The highest BCUT2D eigenvalue weighted by molar-refractivity contribution is 5.57. The van der Waals surface area contributed by atoms with E-state index in [4.69, 9.17) is 51.1 Å². The van der Waals surface area contributed by atoms with Gasteiger partial charge in [0, 0.05) is 0 Å². The van der Waals surface area contributed by atoms with Crippen LogP contribution in [0.25, 0.3) is 0 Å². The number of carbonyl (C=O) groups excluding carboxylic acids is 2. The molecule has 0 amide bonds. The van der Waals surface area contributed by atoms with Gasteiger partial charge in [0.05, 0.1) is 13.2 Å². The molecule has 0 aliphatic heterocycles. The second kappa shape index (κ2) is 13.3. The molecular formula is C12H24O12. The summed E-state index contributed by atoms with van der Waals surface area (Å²) in [5.41, 5.74) is 0. The summed E-state index contributed by atoms with van der Waals surface area (Å²) >= 11 is 0. The Morgan fingerprint density at radius 3 is 0.958 bits per heavy atom. The van der Waals surface area contributed by atoms with Crippen LogP contribution in [0.2, 0.25) is 0 Å². The zero-order chi connectivity index (χ0) is 19.4. The van der Waals surface area contributed by atoms with Gasteiger partial charge in [-0.05, 0) is 0 Å². The highest BCUT2D eigenvalue weighted by atomic mass is 16.4. The second-order valence-corrected chi connectivity index (χ2v) is 4.72. The zero-order valence-corrected chi connectivity index (χ0v) is 12.5. The van der Waals surface area contributed by atoms with Gasteiger partial charge < -0.3 is 60.7 Å². The van der Waals surface area contributed by atoms with Gasteiger partial charge in [0.1, 0.15) is 48.8 Å². The summed E-state index contributed by atoms with van der Waals surface area (Å²) in [6.07, 6.45) is -13.7. The van der Waals surface area contributed by atoms with Crippen LogP contribution in [-0.2, 0) is 9.59 Å². The predicted octanol–water partition coefficient (Wildman–Crippen LogP) is -6.76. The third kappa shape index (κ3) is 8.70. The van der Waals surface area contributed by atoms with E-state index in [1.807, 2.05) is 0 Å². The van der Waals surface area contributed by atoms with Crippen molar-refractivity contribution in [3.05, 3.63) is 0 Å². The Morgan fingerprint density at radius 1 is 0.542 bits per heavy atom. The van der Waals surface area contributed by atoms with E-state index in [9.17, 15) is 9.59 Å². The first-order valence-corrected chi connectivity index (χ1v) is 6.65. The molecule has 0 spiro atoms. The molecule has 0 saturated carbocycles. The van der Waals surface area contributed by atoms with E-state index >= 15 is 0 Å². The molecule has 0 fully saturated rings. The van der Waals surface area contributed by atoms with Crippen molar-refractivity contribution in [2.24, 2.45) is 0 Å². The highest BCUT2D eigenvalue weighted by Crippen LogP contribution is 2.03. The third-order valence-corrected chi connectivity index (χ3v) is 2.84. The van der Waals surface area contributed by atoms with E-state index < -0.39 is 62.0 Å². The van der Waals surface area contributed by atoms with Crippen LogP contribution in [0.4, 0.5) is 0 Å². The fourth-order valence-corrected chi connectivity index (χ4v) is 1.24. The molecule has 0 aromatic rings. The summed E-state index contributed by atoms with van der Waals surface area (Å²) in [6, 6.07) is 0. The third-order valence-electron chi connectivity index (χ3n) is 2.84. The van der Waals surface area contributed by atoms with Gasteiger partial charge in [-0.25, -0.2) is 0 Å². The van der Waals surface area contributed by atoms with Gasteiger partial charge >= 0.3 is 0 Å². The van der Waals surface area contributed by atoms with Crippen molar-refractivity contribution < 1.29 is 60.7 Å². The van der Waals surface area contributed by atoms with Crippen LogP contribution in [0.15, 0.2) is 0 Å². The number of aliphatic hydroxyl groups excluding tert-OH is 10. The number of aldehydes is 2. The number of hydrogen-bond acceptors (Lipinski definition) is 12. The van der Waals surface area contributed by atoms with Crippen LogP contribution in [-0.4, -0.2) is 126 Å². The number of aliphatic hydroxyl groups is 10. The first-order chi connectivity index (χ1) is 11.1. The molecule has 0 saturated heterocycles. The molecule has 0 aromatic carbocycles. The molecule has 0 heterocycles. The summed E-state index contributed by atoms with van der Waals surface area (Å²) < 4.78 is 0. The van der Waals surface area contributed by atoms with E-state index in [2.05, 4.69) is 0 Å². The van der Waals surface area contributed by atoms with E-state index in [-0.39, 0.29) is 12.6 Å². The van der Waals surface area contributed by atoms with Gasteiger partial charge in [0.2, 0.25) is 0 Å². The lowest BCUT2D eigenvalue weighted by Gasteiger charge is -2.22. The minimum atomic E-state index is -1.79. The van der Waals surface area contributed by atoms with Crippen LogP contribution in [0.1, 0.15) is 0 Å². The number of carbonyl (C=O) groups is 2. The average molecular weight is 360 g/mol. The first-order valence-electron chi connectivity index (χ1n) is 6.65. The maximum Gasteiger partial charge on any atom is 0.151 e. The topological polar surface area (TPSA) is 236 Å². The van der Waals surface area contributed by atoms with Crippen LogP contribution in [0.3, 0.4) is 0 Å². The molecular weight excluding hydrogens is 336 g/mol. The van der Waals surface area contributed by atoms with Crippen molar-refractivity contribution in [3.63, 3.8) is 0 Å². The van der Waals surface area contributed by atoms with Crippen LogP contribution < -0.4 is 0 Å². The molecule has 0 aliphatic rings. The molecule has 144 valence electrons. The molecule has 12 nitrogen and oxygen atoms in total. The van der Waals surface area contributed by atoms with E-state index in [0.717, 1.165) is 0 Å². The molecule has 8 atom stereocenters. The summed E-state index contributed by atoms with van der Waals surface area (Å²) in [6.45, 7) is -1.52. The molecule has 0 rings (SSSR count). The van der Waals surface area contributed by atoms with Crippen molar-refractivity contribution in [2.45, 2.75) is 48.8 Å². The Morgan fingerprint density at radius 2 is 0.792 bits per heavy atom. The molecule has 0 bridgehead atoms. The zero-order valence-electron chi connectivity index (χ0n) is 12.5. The Hall–Kier alpha value is -1.06. The van der Waals surface area contributed by atoms with Gasteiger partial charge in [-0.2, -0.15) is 0 Å². The Bertz CT molecular complexity index is 308.